The van der Waals surface area contributed by atoms with E-state index in [1.54, 1.807) is 18.3 Å². The lowest BCUT2D eigenvalue weighted by molar-refractivity contribution is 0.0526. The predicted molar refractivity (Wildman–Crippen MR) is 142 cm³/mol. The number of pyridine rings is 1. The van der Waals surface area contributed by atoms with E-state index in [0.717, 1.165) is 16.9 Å². The van der Waals surface area contributed by atoms with Gasteiger partial charge in [-0.15, -0.1) is 0 Å². The van der Waals surface area contributed by atoms with Gasteiger partial charge >= 0.3 is 6.55 Å². The van der Waals surface area contributed by atoms with Crippen LogP contribution in [0.1, 0.15) is 39.2 Å². The molecule has 0 saturated heterocycles. The highest BCUT2D eigenvalue weighted by Crippen LogP contribution is 2.43. The minimum absolute atomic E-state index is 0.0810. The topological polar surface area (TPSA) is 153 Å². The standard InChI is InChI=1S/C25H27F2N9O3S/c1-25(14-37)9-16(10-25)31-20-8-22(29-12-18(20)19-5-7-35(34-19)24(26)27)32-21-4-6-28-23(33-21)15-11-30-36(13-15)40(38,39)17-2-3-17/h4-8,11-13,16-17,24,37H,2-3,9-10,14H2,1H3,(H2,28,29,31,32,33). The molecule has 2 fully saturated rings. The molecule has 40 heavy (non-hydrogen) atoms. The van der Waals surface area contributed by atoms with E-state index in [9.17, 15) is 22.3 Å². The van der Waals surface area contributed by atoms with Crippen LogP contribution in [0.2, 0.25) is 0 Å². The van der Waals surface area contributed by atoms with E-state index in [4.69, 9.17) is 0 Å². The quantitative estimate of drug-likeness (QED) is 0.257. The van der Waals surface area contributed by atoms with Crippen molar-refractivity contribution in [1.29, 1.82) is 0 Å². The lowest BCUT2D eigenvalue weighted by atomic mass is 9.67. The van der Waals surface area contributed by atoms with Gasteiger partial charge in [0.05, 0.1) is 28.9 Å². The van der Waals surface area contributed by atoms with E-state index in [2.05, 4.69) is 35.8 Å². The maximum absolute atomic E-state index is 13.1. The highest BCUT2D eigenvalue weighted by molar-refractivity contribution is 7.90. The van der Waals surface area contributed by atoms with E-state index >= 15 is 0 Å². The van der Waals surface area contributed by atoms with Crippen LogP contribution in [-0.2, 0) is 10.0 Å². The van der Waals surface area contributed by atoms with E-state index in [1.165, 1.54) is 30.9 Å². The first-order valence-corrected chi connectivity index (χ1v) is 14.2. The fourth-order valence-corrected chi connectivity index (χ4v) is 6.27. The van der Waals surface area contributed by atoms with E-state index in [0.29, 0.717) is 51.7 Å². The number of nitrogens with one attached hydrogen (secondary N) is 2. The SMILES string of the molecule is CC1(CO)CC(Nc2cc(Nc3ccnc(-c4cnn(S(=O)(=O)C5CC5)c4)n3)ncc2-c2ccn(C(F)F)n2)C1. The van der Waals surface area contributed by atoms with Gasteiger partial charge in [0, 0.05) is 48.6 Å². The Balaban J connectivity index is 1.25. The molecule has 3 N–H and O–H groups in total. The van der Waals surface area contributed by atoms with Gasteiger partial charge in [-0.1, -0.05) is 6.92 Å². The zero-order valence-electron chi connectivity index (χ0n) is 21.4. The molecule has 2 aliphatic carbocycles. The number of hydrogen-bond acceptors (Lipinski definition) is 10. The van der Waals surface area contributed by atoms with Crippen molar-refractivity contribution < 1.29 is 22.3 Å². The molecule has 0 radical (unpaired) electrons. The van der Waals surface area contributed by atoms with Crippen LogP contribution >= 0.6 is 0 Å². The van der Waals surface area contributed by atoms with Crippen molar-refractivity contribution >= 4 is 27.3 Å². The molecule has 2 saturated carbocycles. The predicted octanol–water partition coefficient (Wildman–Crippen LogP) is 3.65. The Kier molecular flexibility index (Phi) is 6.49. The van der Waals surface area contributed by atoms with Gasteiger partial charge in [0.25, 0.3) is 10.0 Å². The van der Waals surface area contributed by atoms with Crippen LogP contribution in [-0.4, -0.2) is 65.3 Å². The third kappa shape index (κ3) is 5.13. The summed E-state index contributed by atoms with van der Waals surface area (Å²) in [6.45, 7) is -0.668. The number of aromatic nitrogens is 7. The Labute approximate surface area is 228 Å². The molecule has 15 heteroatoms. The van der Waals surface area contributed by atoms with Gasteiger partial charge in [0.15, 0.2) is 5.82 Å². The Hall–Kier alpha value is -3.98. The summed E-state index contributed by atoms with van der Waals surface area (Å²) in [5.41, 5.74) is 1.82. The second-order valence-corrected chi connectivity index (χ2v) is 12.6. The van der Waals surface area contributed by atoms with Crippen molar-refractivity contribution in [2.24, 2.45) is 5.41 Å². The van der Waals surface area contributed by atoms with Gasteiger partial charge < -0.3 is 15.7 Å². The zero-order chi connectivity index (χ0) is 28.1. The lowest BCUT2D eigenvalue weighted by Gasteiger charge is -2.44. The molecular weight excluding hydrogens is 544 g/mol. The largest absolute Gasteiger partial charge is 0.396 e. The average Bonchev–Trinajstić information content (AvgIpc) is 3.45. The Morgan fingerprint density at radius 3 is 2.67 bits per heavy atom. The van der Waals surface area contributed by atoms with Crippen molar-refractivity contribution in [2.75, 3.05) is 17.2 Å². The zero-order valence-corrected chi connectivity index (χ0v) is 22.3. The summed E-state index contributed by atoms with van der Waals surface area (Å²) in [5, 5.41) is 23.8. The third-order valence-electron chi connectivity index (χ3n) is 7.14. The number of rotatable bonds is 10. The van der Waals surface area contributed by atoms with E-state index < -0.39 is 21.8 Å². The lowest BCUT2D eigenvalue weighted by Crippen LogP contribution is -2.45. The van der Waals surface area contributed by atoms with Crippen LogP contribution in [0.25, 0.3) is 22.6 Å². The second kappa shape index (κ2) is 9.89. The molecule has 4 aromatic heterocycles. The van der Waals surface area contributed by atoms with Gasteiger partial charge in [-0.25, -0.2) is 28.1 Å². The molecule has 0 atom stereocenters. The van der Waals surface area contributed by atoms with Gasteiger partial charge in [-0.3, -0.25) is 0 Å². The molecule has 210 valence electrons. The molecule has 4 aromatic rings. The minimum Gasteiger partial charge on any atom is -0.396 e. The first-order valence-electron chi connectivity index (χ1n) is 12.7. The summed E-state index contributed by atoms with van der Waals surface area (Å²) in [4.78, 5) is 13.2. The fourth-order valence-electron chi connectivity index (χ4n) is 4.80. The van der Waals surface area contributed by atoms with Crippen molar-refractivity contribution in [3.8, 4) is 22.6 Å². The Bertz CT molecular complexity index is 1650. The molecule has 12 nitrogen and oxygen atoms in total. The van der Waals surface area contributed by atoms with Crippen LogP contribution in [0.3, 0.4) is 0 Å². The molecule has 4 heterocycles. The van der Waals surface area contributed by atoms with Gasteiger partial charge in [-0.05, 0) is 43.2 Å². The van der Waals surface area contributed by atoms with Crippen molar-refractivity contribution in [1.82, 2.24) is 33.9 Å². The normalized spacial score (nSPS) is 20.9. The van der Waals surface area contributed by atoms with Gasteiger partial charge in [-0.2, -0.15) is 23.1 Å². The summed E-state index contributed by atoms with van der Waals surface area (Å²) in [6.07, 6.45) is 9.86. The molecular formula is C25H27F2N9O3S. The highest BCUT2D eigenvalue weighted by Gasteiger charge is 2.40. The van der Waals surface area contributed by atoms with E-state index in [1.807, 2.05) is 6.92 Å². The fraction of sp³-hybridized carbons (Fsp3) is 0.400. The summed E-state index contributed by atoms with van der Waals surface area (Å²) >= 11 is 0. The molecule has 0 bridgehead atoms. The number of aliphatic hydroxyl groups excluding tert-OH is 1. The summed E-state index contributed by atoms with van der Waals surface area (Å²) < 4.78 is 52.8. The molecule has 0 spiro atoms. The van der Waals surface area contributed by atoms with Crippen LogP contribution in [0.15, 0.2) is 49.2 Å². The monoisotopic (exact) mass is 571 g/mol. The minimum atomic E-state index is -3.51. The maximum atomic E-state index is 13.1. The molecule has 0 aromatic carbocycles. The Morgan fingerprint density at radius 2 is 1.98 bits per heavy atom. The van der Waals surface area contributed by atoms with Crippen LogP contribution < -0.4 is 10.6 Å². The summed E-state index contributed by atoms with van der Waals surface area (Å²) in [6, 6.07) is 4.96. The first-order chi connectivity index (χ1) is 19.1. The summed E-state index contributed by atoms with van der Waals surface area (Å²) in [5.74, 6) is 1.13. The van der Waals surface area contributed by atoms with Crippen molar-refractivity contribution in [3.05, 3.63) is 49.2 Å². The van der Waals surface area contributed by atoms with Crippen LogP contribution in [0.4, 0.5) is 26.1 Å². The van der Waals surface area contributed by atoms with Crippen LogP contribution in [0.5, 0.6) is 0 Å². The van der Waals surface area contributed by atoms with Crippen molar-refractivity contribution in [2.45, 2.75) is 50.4 Å². The first kappa shape index (κ1) is 26.3. The number of nitrogens with zero attached hydrogens (tertiary/aromatic N) is 7. The molecule has 6 rings (SSSR count). The highest BCUT2D eigenvalue weighted by atomic mass is 32.2. The number of alkyl halides is 2. The number of halogens is 2. The number of aliphatic hydroxyl groups is 1. The molecule has 0 unspecified atom stereocenters. The average molecular weight is 572 g/mol. The second-order valence-electron chi connectivity index (χ2n) is 10.5. The van der Waals surface area contributed by atoms with Gasteiger partial charge in [0.2, 0.25) is 0 Å². The number of hydrogen-bond donors (Lipinski definition) is 3. The maximum Gasteiger partial charge on any atom is 0.333 e. The smallest absolute Gasteiger partial charge is 0.333 e. The molecule has 0 aliphatic heterocycles. The van der Waals surface area contributed by atoms with Crippen LogP contribution in [0, 0.1) is 5.41 Å². The third-order valence-corrected chi connectivity index (χ3v) is 9.18. The Morgan fingerprint density at radius 1 is 1.18 bits per heavy atom. The van der Waals surface area contributed by atoms with Crippen molar-refractivity contribution in [3.63, 3.8) is 0 Å². The number of anilines is 3. The van der Waals surface area contributed by atoms with Gasteiger partial charge in [0.1, 0.15) is 11.6 Å². The van der Waals surface area contributed by atoms with E-state index in [-0.39, 0.29) is 23.9 Å². The summed E-state index contributed by atoms with van der Waals surface area (Å²) in [7, 11) is -3.51. The molecule has 2 aliphatic rings. The molecule has 0 amide bonds.